The fraction of sp³-hybridized carbons (Fsp3) is 0.217. The highest BCUT2D eigenvalue weighted by molar-refractivity contribution is 5.91. The molecule has 0 fully saturated rings. The van der Waals surface area contributed by atoms with Gasteiger partial charge in [-0.3, -0.25) is 4.98 Å². The van der Waals surface area contributed by atoms with E-state index in [-0.39, 0.29) is 5.75 Å². The molecule has 0 atom stereocenters. The summed E-state index contributed by atoms with van der Waals surface area (Å²) >= 11 is 0. The number of pyridine rings is 2. The van der Waals surface area contributed by atoms with Crippen LogP contribution >= 0.6 is 0 Å². The Balaban J connectivity index is 1.85. The highest BCUT2D eigenvalue weighted by atomic mass is 16.5. The average molecular weight is 390 g/mol. The molecule has 2 heterocycles. The first-order valence-electron chi connectivity index (χ1n) is 9.23. The van der Waals surface area contributed by atoms with E-state index in [2.05, 4.69) is 9.97 Å². The Hall–Kier alpha value is -3.38. The van der Waals surface area contributed by atoms with Crippen molar-refractivity contribution in [3.63, 3.8) is 0 Å². The molecule has 0 bridgehead atoms. The Morgan fingerprint density at radius 1 is 0.931 bits per heavy atom. The summed E-state index contributed by atoms with van der Waals surface area (Å²) in [6, 6.07) is 13.2. The zero-order valence-electron chi connectivity index (χ0n) is 16.6. The largest absolute Gasteiger partial charge is 0.506 e. The van der Waals surface area contributed by atoms with E-state index in [1.807, 2.05) is 42.6 Å². The van der Waals surface area contributed by atoms with E-state index >= 15 is 0 Å². The van der Waals surface area contributed by atoms with Gasteiger partial charge in [0, 0.05) is 36.2 Å². The molecule has 6 nitrogen and oxygen atoms in total. The summed E-state index contributed by atoms with van der Waals surface area (Å²) in [6.07, 6.45) is 2.41. The zero-order valence-corrected chi connectivity index (χ0v) is 16.6. The minimum Gasteiger partial charge on any atom is -0.506 e. The maximum Gasteiger partial charge on any atom is 0.161 e. The molecule has 0 aliphatic rings. The smallest absolute Gasteiger partial charge is 0.161 e. The Morgan fingerprint density at radius 3 is 2.41 bits per heavy atom. The highest BCUT2D eigenvalue weighted by Gasteiger charge is 2.14. The normalized spacial score (nSPS) is 11.1. The van der Waals surface area contributed by atoms with Gasteiger partial charge < -0.3 is 19.3 Å². The Bertz CT molecular complexity index is 1190. The summed E-state index contributed by atoms with van der Waals surface area (Å²) < 4.78 is 16.3. The second-order valence-corrected chi connectivity index (χ2v) is 6.74. The number of aromatic hydroxyl groups is 1. The van der Waals surface area contributed by atoms with E-state index in [0.717, 1.165) is 33.1 Å². The van der Waals surface area contributed by atoms with Crippen LogP contribution in [-0.2, 0) is 17.8 Å². The summed E-state index contributed by atoms with van der Waals surface area (Å²) in [5.74, 6) is 1.47. The molecule has 1 N–H and O–H groups in total. The Morgan fingerprint density at radius 2 is 1.69 bits per heavy atom. The third kappa shape index (κ3) is 3.54. The van der Waals surface area contributed by atoms with Gasteiger partial charge in [0.2, 0.25) is 0 Å². The fourth-order valence-corrected chi connectivity index (χ4v) is 3.54. The summed E-state index contributed by atoms with van der Waals surface area (Å²) in [5.41, 5.74) is 3.27. The molecule has 148 valence electrons. The standard InChI is InChI=1S/C23H22N2O4/c1-27-13-19-18-11-22(29-3)21(28-2)10-17(18)15(12-24-19)9-16-8-7-14-5-4-6-20(26)23(14)25-16/h4-8,10-12,26H,9,13H2,1-3H3. The molecule has 4 rings (SSSR count). The summed E-state index contributed by atoms with van der Waals surface area (Å²) in [5, 5.41) is 13.0. The SMILES string of the molecule is COCc1ncc(Cc2ccc3cccc(O)c3n2)c2cc(OC)c(OC)cc12. The monoisotopic (exact) mass is 390 g/mol. The molecule has 4 aromatic rings. The van der Waals surface area contributed by atoms with Crippen molar-refractivity contribution in [2.24, 2.45) is 0 Å². The molecule has 0 aliphatic carbocycles. The minimum absolute atomic E-state index is 0.175. The van der Waals surface area contributed by atoms with Crippen LogP contribution in [0.5, 0.6) is 17.2 Å². The maximum absolute atomic E-state index is 10.1. The molecule has 0 saturated heterocycles. The minimum atomic E-state index is 0.175. The van der Waals surface area contributed by atoms with Gasteiger partial charge in [0.15, 0.2) is 11.5 Å². The van der Waals surface area contributed by atoms with E-state index < -0.39 is 0 Å². The first kappa shape index (κ1) is 19.0. The molecule has 29 heavy (non-hydrogen) atoms. The van der Waals surface area contributed by atoms with Crippen LogP contribution in [0, 0.1) is 0 Å². The van der Waals surface area contributed by atoms with Crippen LogP contribution in [0.25, 0.3) is 21.7 Å². The number of benzene rings is 2. The molecule has 0 unspecified atom stereocenters. The van der Waals surface area contributed by atoms with Gasteiger partial charge in [0.05, 0.1) is 26.5 Å². The van der Waals surface area contributed by atoms with Gasteiger partial charge >= 0.3 is 0 Å². The van der Waals surface area contributed by atoms with Crippen LogP contribution in [0.2, 0.25) is 0 Å². The van der Waals surface area contributed by atoms with Crippen molar-refractivity contribution in [2.45, 2.75) is 13.0 Å². The number of fused-ring (bicyclic) bond motifs is 2. The molecule has 2 aromatic heterocycles. The van der Waals surface area contributed by atoms with Crippen molar-refractivity contribution >= 4 is 21.7 Å². The number of phenols is 1. The summed E-state index contributed by atoms with van der Waals surface area (Å²) in [4.78, 5) is 9.26. The van der Waals surface area contributed by atoms with E-state index in [1.54, 1.807) is 27.4 Å². The van der Waals surface area contributed by atoms with Crippen molar-refractivity contribution in [2.75, 3.05) is 21.3 Å². The number of methoxy groups -OCH3 is 3. The van der Waals surface area contributed by atoms with E-state index in [0.29, 0.717) is 30.0 Å². The van der Waals surface area contributed by atoms with E-state index in [4.69, 9.17) is 14.2 Å². The van der Waals surface area contributed by atoms with Gasteiger partial charge in [-0.2, -0.15) is 0 Å². The van der Waals surface area contributed by atoms with Crippen molar-refractivity contribution in [3.8, 4) is 17.2 Å². The van der Waals surface area contributed by atoms with Crippen molar-refractivity contribution in [3.05, 3.63) is 65.6 Å². The number of hydrogen-bond donors (Lipinski definition) is 1. The van der Waals surface area contributed by atoms with Crippen LogP contribution < -0.4 is 9.47 Å². The number of ether oxygens (including phenoxy) is 3. The van der Waals surface area contributed by atoms with Crippen LogP contribution in [0.15, 0.2) is 48.7 Å². The number of hydrogen-bond acceptors (Lipinski definition) is 6. The van der Waals surface area contributed by atoms with Crippen LogP contribution in [0.3, 0.4) is 0 Å². The van der Waals surface area contributed by atoms with Gasteiger partial charge in [0.25, 0.3) is 0 Å². The van der Waals surface area contributed by atoms with Gasteiger partial charge in [0.1, 0.15) is 11.3 Å². The van der Waals surface area contributed by atoms with Gasteiger partial charge in [-0.15, -0.1) is 0 Å². The lowest BCUT2D eigenvalue weighted by Gasteiger charge is -2.14. The number of aromatic nitrogens is 2. The molecular weight excluding hydrogens is 368 g/mol. The quantitative estimate of drug-likeness (QED) is 0.531. The van der Waals surface area contributed by atoms with Gasteiger partial charge in [-0.1, -0.05) is 18.2 Å². The van der Waals surface area contributed by atoms with Crippen molar-refractivity contribution in [1.29, 1.82) is 0 Å². The van der Waals surface area contributed by atoms with Crippen molar-refractivity contribution in [1.82, 2.24) is 9.97 Å². The average Bonchev–Trinajstić information content (AvgIpc) is 2.75. The zero-order chi connectivity index (χ0) is 20.4. The van der Waals surface area contributed by atoms with Crippen LogP contribution in [0.1, 0.15) is 17.0 Å². The molecule has 0 amide bonds. The first-order chi connectivity index (χ1) is 14.1. The van der Waals surface area contributed by atoms with Gasteiger partial charge in [-0.25, -0.2) is 4.98 Å². The fourth-order valence-electron chi connectivity index (χ4n) is 3.54. The molecule has 0 saturated carbocycles. The molecule has 2 aromatic carbocycles. The molecule has 6 heteroatoms. The molecule has 0 spiro atoms. The first-order valence-corrected chi connectivity index (χ1v) is 9.23. The number of rotatable bonds is 6. The lowest BCUT2D eigenvalue weighted by molar-refractivity contribution is 0.182. The number of nitrogens with zero attached hydrogens (tertiary/aromatic N) is 2. The van der Waals surface area contributed by atoms with Crippen LogP contribution in [-0.4, -0.2) is 36.4 Å². The van der Waals surface area contributed by atoms with Crippen molar-refractivity contribution < 1.29 is 19.3 Å². The summed E-state index contributed by atoms with van der Waals surface area (Å²) in [7, 11) is 4.88. The maximum atomic E-state index is 10.1. The number of phenolic OH excluding ortho intramolecular Hbond substituents is 1. The molecule has 0 aliphatic heterocycles. The predicted molar refractivity (Wildman–Crippen MR) is 112 cm³/mol. The predicted octanol–water partition coefficient (Wildman–Crippen LogP) is 4.24. The van der Waals surface area contributed by atoms with E-state index in [9.17, 15) is 5.11 Å². The number of para-hydroxylation sites is 1. The second-order valence-electron chi connectivity index (χ2n) is 6.74. The van der Waals surface area contributed by atoms with E-state index in [1.165, 1.54) is 0 Å². The third-order valence-corrected chi connectivity index (χ3v) is 4.97. The lowest BCUT2D eigenvalue weighted by Crippen LogP contribution is -2.01. The Kier molecular flexibility index (Phi) is 5.18. The Labute approximate surface area is 168 Å². The summed E-state index contributed by atoms with van der Waals surface area (Å²) in [6.45, 7) is 0.397. The molecule has 0 radical (unpaired) electrons. The third-order valence-electron chi connectivity index (χ3n) is 4.97. The highest BCUT2D eigenvalue weighted by Crippen LogP contribution is 2.35. The van der Waals surface area contributed by atoms with Gasteiger partial charge in [-0.05, 0) is 35.2 Å². The lowest BCUT2D eigenvalue weighted by atomic mass is 10.00. The second kappa shape index (κ2) is 7.93. The topological polar surface area (TPSA) is 73.7 Å². The molecular formula is C23H22N2O4. The van der Waals surface area contributed by atoms with Crippen LogP contribution in [0.4, 0.5) is 0 Å².